The Morgan fingerprint density at radius 3 is 2.14 bits per heavy atom. The molecule has 0 saturated carbocycles. The summed E-state index contributed by atoms with van der Waals surface area (Å²) in [6.45, 7) is 1.80. The first-order chi connectivity index (χ1) is 16.9. The smallest absolute Gasteiger partial charge is 0.344 e. The van der Waals surface area contributed by atoms with Crippen molar-refractivity contribution in [1.82, 2.24) is 0 Å². The average Bonchev–Trinajstić information content (AvgIpc) is 2.88. The number of benzene rings is 3. The van der Waals surface area contributed by atoms with Crippen molar-refractivity contribution < 1.29 is 32.9 Å². The zero-order valence-electron chi connectivity index (χ0n) is 20.0. The first kappa shape index (κ1) is 23.7. The molecule has 0 amide bonds. The molecule has 0 fully saturated rings. The number of ether oxygens (including phenoxy) is 5. The van der Waals surface area contributed by atoms with Crippen molar-refractivity contribution in [1.29, 1.82) is 0 Å². The molecule has 0 radical (unpaired) electrons. The number of carbonyl (C=O) groups is 1. The van der Waals surface area contributed by atoms with E-state index in [9.17, 15) is 9.59 Å². The summed E-state index contributed by atoms with van der Waals surface area (Å²) in [6.07, 6.45) is 0. The highest BCUT2D eigenvalue weighted by molar-refractivity contribution is 5.93. The highest BCUT2D eigenvalue weighted by atomic mass is 16.5. The van der Waals surface area contributed by atoms with E-state index in [2.05, 4.69) is 0 Å². The maximum atomic E-state index is 12.9. The summed E-state index contributed by atoms with van der Waals surface area (Å²) in [6, 6.07) is 14.7. The van der Waals surface area contributed by atoms with E-state index >= 15 is 0 Å². The molecule has 0 N–H and O–H groups in total. The Bertz CT molecular complexity index is 1470. The van der Waals surface area contributed by atoms with Crippen molar-refractivity contribution in [3.63, 3.8) is 0 Å². The Kier molecular flexibility index (Phi) is 6.64. The molecule has 8 heteroatoms. The number of aryl methyl sites for hydroxylation is 1. The third-order valence-corrected chi connectivity index (χ3v) is 5.64. The van der Waals surface area contributed by atoms with Crippen molar-refractivity contribution in [2.45, 2.75) is 6.92 Å². The Labute approximate surface area is 201 Å². The number of rotatable bonds is 7. The van der Waals surface area contributed by atoms with E-state index in [0.29, 0.717) is 62.0 Å². The molecule has 0 atom stereocenters. The largest absolute Gasteiger partial charge is 0.497 e. The van der Waals surface area contributed by atoms with E-state index < -0.39 is 11.6 Å². The predicted molar refractivity (Wildman–Crippen MR) is 130 cm³/mol. The van der Waals surface area contributed by atoms with Crippen LogP contribution in [0.25, 0.3) is 22.1 Å². The summed E-state index contributed by atoms with van der Waals surface area (Å²) in [5, 5.41) is 0.620. The van der Waals surface area contributed by atoms with Gasteiger partial charge in [-0.2, -0.15) is 0 Å². The Morgan fingerprint density at radius 1 is 0.743 bits per heavy atom. The van der Waals surface area contributed by atoms with Crippen LogP contribution in [0, 0.1) is 6.92 Å². The number of hydrogen-bond donors (Lipinski definition) is 0. The quantitative estimate of drug-likeness (QED) is 0.209. The van der Waals surface area contributed by atoms with Crippen molar-refractivity contribution in [3.8, 4) is 39.9 Å². The summed E-state index contributed by atoms with van der Waals surface area (Å²) in [5.41, 5.74) is 1.73. The minimum atomic E-state index is -0.572. The van der Waals surface area contributed by atoms with Crippen molar-refractivity contribution in [3.05, 3.63) is 76.1 Å². The van der Waals surface area contributed by atoms with E-state index in [-0.39, 0.29) is 0 Å². The molecule has 0 aliphatic carbocycles. The van der Waals surface area contributed by atoms with E-state index in [0.717, 1.165) is 0 Å². The zero-order chi connectivity index (χ0) is 25.1. The molecule has 8 nitrogen and oxygen atoms in total. The van der Waals surface area contributed by atoms with Crippen LogP contribution in [-0.4, -0.2) is 34.4 Å². The molecule has 0 saturated heterocycles. The highest BCUT2D eigenvalue weighted by Gasteiger charge is 2.19. The minimum Gasteiger partial charge on any atom is -0.497 e. The molecular formula is C27H24O8. The Morgan fingerprint density at radius 2 is 1.46 bits per heavy atom. The van der Waals surface area contributed by atoms with Gasteiger partial charge in [-0.05, 0) is 61.0 Å². The molecule has 0 bridgehead atoms. The van der Waals surface area contributed by atoms with Crippen molar-refractivity contribution in [2.75, 3.05) is 28.4 Å². The van der Waals surface area contributed by atoms with Gasteiger partial charge in [-0.3, -0.25) is 0 Å². The van der Waals surface area contributed by atoms with E-state index in [4.69, 9.17) is 28.1 Å². The standard InChI is InChI=1S/C27H24O8/c1-15-20-13-18(34-26(28)16-6-10-22(31-3)24(12-16)33-5)8-11-21(20)35-27(29)25(15)19-9-7-17(30-2)14-23(19)32-4/h6-14H,1-5H3. The van der Waals surface area contributed by atoms with Crippen LogP contribution in [0.1, 0.15) is 15.9 Å². The van der Waals surface area contributed by atoms with Crippen LogP contribution in [0.3, 0.4) is 0 Å². The molecule has 0 spiro atoms. The third kappa shape index (κ3) is 4.50. The monoisotopic (exact) mass is 476 g/mol. The minimum absolute atomic E-state index is 0.293. The fourth-order valence-corrected chi connectivity index (χ4v) is 3.84. The van der Waals surface area contributed by atoms with Gasteiger partial charge in [0, 0.05) is 17.0 Å². The number of fused-ring (bicyclic) bond motifs is 1. The second-order valence-corrected chi connectivity index (χ2v) is 7.57. The van der Waals surface area contributed by atoms with Crippen molar-refractivity contribution in [2.24, 2.45) is 0 Å². The highest BCUT2D eigenvalue weighted by Crippen LogP contribution is 2.36. The molecule has 35 heavy (non-hydrogen) atoms. The van der Waals surface area contributed by atoms with Gasteiger partial charge in [0.2, 0.25) is 0 Å². The van der Waals surface area contributed by atoms with Crippen LogP contribution in [0.5, 0.6) is 28.7 Å². The van der Waals surface area contributed by atoms with E-state index in [1.54, 1.807) is 68.6 Å². The van der Waals surface area contributed by atoms with Gasteiger partial charge in [0.05, 0.1) is 39.6 Å². The van der Waals surface area contributed by atoms with Gasteiger partial charge in [0.1, 0.15) is 22.8 Å². The van der Waals surface area contributed by atoms with Gasteiger partial charge in [0.25, 0.3) is 0 Å². The molecule has 3 aromatic carbocycles. The fourth-order valence-electron chi connectivity index (χ4n) is 3.84. The summed E-state index contributed by atoms with van der Waals surface area (Å²) < 4.78 is 32.4. The summed E-state index contributed by atoms with van der Waals surface area (Å²) >= 11 is 0. The first-order valence-corrected chi connectivity index (χ1v) is 10.6. The molecule has 4 aromatic rings. The molecule has 0 unspecified atom stereocenters. The lowest BCUT2D eigenvalue weighted by atomic mass is 9.98. The molecule has 1 aromatic heterocycles. The molecule has 0 aliphatic rings. The second kappa shape index (κ2) is 9.80. The van der Waals surface area contributed by atoms with Crippen LogP contribution in [0.15, 0.2) is 63.8 Å². The predicted octanol–water partition coefficient (Wildman–Crippen LogP) is 5.02. The number of hydrogen-bond acceptors (Lipinski definition) is 8. The van der Waals surface area contributed by atoms with Crippen LogP contribution in [0.2, 0.25) is 0 Å². The molecular weight excluding hydrogens is 452 g/mol. The van der Waals surface area contributed by atoms with Crippen LogP contribution < -0.4 is 29.3 Å². The van der Waals surface area contributed by atoms with Crippen molar-refractivity contribution >= 4 is 16.9 Å². The van der Waals surface area contributed by atoms with Crippen LogP contribution >= 0.6 is 0 Å². The summed E-state index contributed by atoms with van der Waals surface area (Å²) in [4.78, 5) is 25.6. The van der Waals surface area contributed by atoms with Gasteiger partial charge in [-0.15, -0.1) is 0 Å². The topological polar surface area (TPSA) is 93.4 Å². The molecule has 180 valence electrons. The average molecular weight is 476 g/mol. The number of esters is 1. The number of methoxy groups -OCH3 is 4. The lowest BCUT2D eigenvalue weighted by molar-refractivity contribution is 0.0734. The maximum Gasteiger partial charge on any atom is 0.344 e. The van der Waals surface area contributed by atoms with Crippen LogP contribution in [-0.2, 0) is 0 Å². The van der Waals surface area contributed by atoms with Gasteiger partial charge >= 0.3 is 11.6 Å². The van der Waals surface area contributed by atoms with E-state index in [1.807, 2.05) is 0 Å². The second-order valence-electron chi connectivity index (χ2n) is 7.57. The SMILES string of the molecule is COc1ccc(-c2c(C)c3cc(OC(=O)c4ccc(OC)c(OC)c4)ccc3oc2=O)c(OC)c1. The fraction of sp³-hybridized carbons (Fsp3) is 0.185. The van der Waals surface area contributed by atoms with E-state index in [1.165, 1.54) is 21.3 Å². The molecule has 4 rings (SSSR count). The lowest BCUT2D eigenvalue weighted by Crippen LogP contribution is -2.10. The number of carbonyl (C=O) groups excluding carboxylic acids is 1. The van der Waals surface area contributed by atoms with Gasteiger partial charge in [0.15, 0.2) is 11.5 Å². The Balaban J connectivity index is 1.74. The third-order valence-electron chi connectivity index (χ3n) is 5.64. The van der Waals surface area contributed by atoms with Gasteiger partial charge < -0.3 is 28.1 Å². The van der Waals surface area contributed by atoms with Gasteiger partial charge in [-0.1, -0.05) is 0 Å². The lowest BCUT2D eigenvalue weighted by Gasteiger charge is -2.13. The molecule has 1 heterocycles. The summed E-state index contributed by atoms with van der Waals surface area (Å²) in [5.74, 6) is 1.70. The Hall–Kier alpha value is -4.46. The van der Waals surface area contributed by atoms with Gasteiger partial charge in [-0.25, -0.2) is 9.59 Å². The first-order valence-electron chi connectivity index (χ1n) is 10.6. The normalized spacial score (nSPS) is 10.7. The zero-order valence-corrected chi connectivity index (χ0v) is 20.0. The molecule has 0 aliphatic heterocycles. The summed E-state index contributed by atoms with van der Waals surface area (Å²) in [7, 11) is 6.07. The maximum absolute atomic E-state index is 12.9. The van der Waals surface area contributed by atoms with Crippen LogP contribution in [0.4, 0.5) is 0 Å².